The predicted octanol–water partition coefficient (Wildman–Crippen LogP) is 2.01. The largest absolute Gasteiger partial charge is 0.338 e. The van der Waals surface area contributed by atoms with E-state index in [0.717, 1.165) is 36.4 Å². The highest BCUT2D eigenvalue weighted by molar-refractivity contribution is 4.94. The van der Waals surface area contributed by atoms with Gasteiger partial charge in [-0.15, -0.1) is 0 Å². The molecule has 1 heterocycles. The van der Waals surface area contributed by atoms with Crippen molar-refractivity contribution in [1.82, 2.24) is 15.0 Å². The summed E-state index contributed by atoms with van der Waals surface area (Å²) in [7, 11) is 2.06. The SMILES string of the molecule is Cn1ccnc1CCC(CC1CC2CCC1C2)NN. The van der Waals surface area contributed by atoms with Crippen molar-refractivity contribution >= 4 is 0 Å². The molecule has 19 heavy (non-hydrogen) atoms. The summed E-state index contributed by atoms with van der Waals surface area (Å²) in [5, 5.41) is 0. The molecule has 4 heteroatoms. The minimum absolute atomic E-state index is 0.445. The Morgan fingerprint density at radius 3 is 2.95 bits per heavy atom. The Bertz CT molecular complexity index is 414. The Hall–Kier alpha value is -0.870. The van der Waals surface area contributed by atoms with Gasteiger partial charge in [-0.2, -0.15) is 0 Å². The number of hydrazine groups is 1. The lowest BCUT2D eigenvalue weighted by atomic mass is 9.83. The van der Waals surface area contributed by atoms with Crippen LogP contribution < -0.4 is 11.3 Å². The first-order chi connectivity index (χ1) is 9.26. The van der Waals surface area contributed by atoms with Gasteiger partial charge in [-0.25, -0.2) is 4.98 Å². The van der Waals surface area contributed by atoms with Crippen molar-refractivity contribution in [2.45, 2.75) is 51.0 Å². The minimum Gasteiger partial charge on any atom is -0.338 e. The van der Waals surface area contributed by atoms with E-state index in [2.05, 4.69) is 22.0 Å². The van der Waals surface area contributed by atoms with Crippen LogP contribution in [-0.4, -0.2) is 15.6 Å². The van der Waals surface area contributed by atoms with Gasteiger partial charge in [0.1, 0.15) is 5.82 Å². The van der Waals surface area contributed by atoms with Gasteiger partial charge in [0.25, 0.3) is 0 Å². The van der Waals surface area contributed by atoms with Crippen molar-refractivity contribution in [3.63, 3.8) is 0 Å². The molecule has 3 N–H and O–H groups in total. The van der Waals surface area contributed by atoms with E-state index in [4.69, 9.17) is 5.84 Å². The number of aryl methyl sites for hydroxylation is 2. The van der Waals surface area contributed by atoms with Crippen molar-refractivity contribution in [3.8, 4) is 0 Å². The van der Waals surface area contributed by atoms with E-state index in [0.29, 0.717) is 6.04 Å². The fourth-order valence-electron chi connectivity index (χ4n) is 4.24. The highest BCUT2D eigenvalue weighted by atomic mass is 15.2. The molecule has 4 nitrogen and oxygen atoms in total. The first kappa shape index (κ1) is 13.1. The van der Waals surface area contributed by atoms with Crippen molar-refractivity contribution in [1.29, 1.82) is 0 Å². The first-order valence-electron chi connectivity index (χ1n) is 7.68. The van der Waals surface area contributed by atoms with Gasteiger partial charge in [0.2, 0.25) is 0 Å². The maximum absolute atomic E-state index is 5.75. The number of nitrogens with one attached hydrogen (secondary N) is 1. The summed E-state index contributed by atoms with van der Waals surface area (Å²) in [6, 6.07) is 0.445. The zero-order valence-corrected chi connectivity index (χ0v) is 11.9. The molecule has 2 saturated carbocycles. The Morgan fingerprint density at radius 2 is 2.37 bits per heavy atom. The summed E-state index contributed by atoms with van der Waals surface area (Å²) in [4.78, 5) is 4.39. The topological polar surface area (TPSA) is 55.9 Å². The molecular formula is C15H26N4. The molecule has 0 amide bonds. The first-order valence-corrected chi connectivity index (χ1v) is 7.68. The molecule has 0 spiro atoms. The molecule has 106 valence electrons. The number of rotatable bonds is 6. The third kappa shape index (κ3) is 2.84. The number of nitrogens with zero attached hydrogens (tertiary/aromatic N) is 2. The maximum Gasteiger partial charge on any atom is 0.108 e. The van der Waals surface area contributed by atoms with Crippen LogP contribution in [0.2, 0.25) is 0 Å². The number of nitrogens with two attached hydrogens (primary N) is 1. The second-order valence-electron chi connectivity index (χ2n) is 6.53. The highest BCUT2D eigenvalue weighted by Crippen LogP contribution is 2.49. The molecule has 1 aromatic rings. The van der Waals surface area contributed by atoms with E-state index in [9.17, 15) is 0 Å². The van der Waals surface area contributed by atoms with Crippen LogP contribution in [-0.2, 0) is 13.5 Å². The van der Waals surface area contributed by atoms with E-state index in [-0.39, 0.29) is 0 Å². The predicted molar refractivity (Wildman–Crippen MR) is 76.2 cm³/mol. The van der Waals surface area contributed by atoms with Crippen molar-refractivity contribution in [3.05, 3.63) is 18.2 Å². The van der Waals surface area contributed by atoms with Crippen LogP contribution in [0.15, 0.2) is 12.4 Å². The molecule has 4 unspecified atom stereocenters. The number of hydrogen-bond acceptors (Lipinski definition) is 3. The van der Waals surface area contributed by atoms with Gasteiger partial charge in [-0.05, 0) is 49.9 Å². The summed E-state index contributed by atoms with van der Waals surface area (Å²) in [6.45, 7) is 0. The van der Waals surface area contributed by atoms with Crippen LogP contribution in [0.4, 0.5) is 0 Å². The fourth-order valence-corrected chi connectivity index (χ4v) is 4.24. The van der Waals surface area contributed by atoms with Gasteiger partial charge in [-0.3, -0.25) is 11.3 Å². The lowest BCUT2D eigenvalue weighted by Crippen LogP contribution is -2.38. The van der Waals surface area contributed by atoms with E-state index in [1.807, 2.05) is 12.4 Å². The molecule has 2 bridgehead atoms. The summed E-state index contributed by atoms with van der Waals surface area (Å²) >= 11 is 0. The van der Waals surface area contributed by atoms with Gasteiger partial charge in [-0.1, -0.05) is 6.42 Å². The maximum atomic E-state index is 5.75. The van der Waals surface area contributed by atoms with Crippen LogP contribution >= 0.6 is 0 Å². The van der Waals surface area contributed by atoms with Crippen LogP contribution in [0.1, 0.15) is 44.3 Å². The van der Waals surface area contributed by atoms with E-state index in [1.165, 1.54) is 32.1 Å². The van der Waals surface area contributed by atoms with Gasteiger partial charge < -0.3 is 4.57 Å². The lowest BCUT2D eigenvalue weighted by molar-refractivity contribution is 0.272. The molecule has 1 aromatic heterocycles. The van der Waals surface area contributed by atoms with Crippen molar-refractivity contribution < 1.29 is 0 Å². The van der Waals surface area contributed by atoms with Gasteiger partial charge >= 0.3 is 0 Å². The molecule has 4 atom stereocenters. The smallest absolute Gasteiger partial charge is 0.108 e. The quantitative estimate of drug-likeness (QED) is 0.609. The molecule has 0 saturated heterocycles. The Morgan fingerprint density at radius 1 is 1.47 bits per heavy atom. The molecule has 2 aliphatic rings. The van der Waals surface area contributed by atoms with E-state index < -0.39 is 0 Å². The Balaban J connectivity index is 1.49. The molecule has 2 aliphatic carbocycles. The summed E-state index contributed by atoms with van der Waals surface area (Å²) < 4.78 is 2.10. The van der Waals surface area contributed by atoms with E-state index in [1.54, 1.807) is 0 Å². The lowest BCUT2D eigenvalue weighted by Gasteiger charge is -2.26. The number of aromatic nitrogens is 2. The molecular weight excluding hydrogens is 236 g/mol. The fraction of sp³-hybridized carbons (Fsp3) is 0.800. The van der Waals surface area contributed by atoms with Crippen molar-refractivity contribution in [2.75, 3.05) is 0 Å². The molecule has 2 fully saturated rings. The molecule has 0 radical (unpaired) electrons. The third-order valence-electron chi connectivity index (χ3n) is 5.34. The van der Waals surface area contributed by atoms with E-state index >= 15 is 0 Å². The van der Waals surface area contributed by atoms with Crippen LogP contribution in [0.25, 0.3) is 0 Å². The zero-order valence-electron chi connectivity index (χ0n) is 11.9. The molecule has 0 aromatic carbocycles. The second-order valence-corrected chi connectivity index (χ2v) is 6.53. The Kier molecular flexibility index (Phi) is 3.89. The number of imidazole rings is 1. The van der Waals surface area contributed by atoms with Gasteiger partial charge in [0.15, 0.2) is 0 Å². The number of hydrogen-bond donors (Lipinski definition) is 2. The summed E-state index contributed by atoms with van der Waals surface area (Å²) in [5.74, 6) is 9.85. The van der Waals surface area contributed by atoms with Crippen LogP contribution in [0.5, 0.6) is 0 Å². The summed E-state index contributed by atoms with van der Waals surface area (Å²) in [6.07, 6.45) is 13.1. The van der Waals surface area contributed by atoms with Crippen LogP contribution in [0, 0.1) is 17.8 Å². The molecule has 0 aliphatic heterocycles. The Labute approximate surface area is 115 Å². The zero-order chi connectivity index (χ0) is 13.2. The minimum atomic E-state index is 0.445. The van der Waals surface area contributed by atoms with Gasteiger partial charge in [0.05, 0.1) is 0 Å². The van der Waals surface area contributed by atoms with Crippen molar-refractivity contribution in [2.24, 2.45) is 30.6 Å². The molecule has 3 rings (SSSR count). The highest BCUT2D eigenvalue weighted by Gasteiger charge is 2.39. The average Bonchev–Trinajstić information content (AvgIpc) is 3.11. The normalized spacial score (nSPS) is 30.9. The van der Waals surface area contributed by atoms with Gasteiger partial charge in [0, 0.05) is 31.9 Å². The third-order valence-corrected chi connectivity index (χ3v) is 5.34. The standard InChI is InChI=1S/C15H26N4/c1-19-7-6-17-15(19)5-4-14(18-16)10-13-9-11-2-3-12(13)8-11/h6-7,11-14,18H,2-5,8-10,16H2,1H3. The monoisotopic (exact) mass is 262 g/mol. The number of fused-ring (bicyclic) bond motifs is 2. The average molecular weight is 262 g/mol. The second kappa shape index (κ2) is 5.63. The van der Waals surface area contributed by atoms with Crippen LogP contribution in [0.3, 0.4) is 0 Å². The summed E-state index contributed by atoms with van der Waals surface area (Å²) in [5.41, 5.74) is 3.03.